The molecule has 158 valence electrons. The number of halogens is 1. The van der Waals surface area contributed by atoms with Crippen LogP contribution in [0.3, 0.4) is 0 Å². The highest BCUT2D eigenvalue weighted by molar-refractivity contribution is 6.32. The van der Waals surface area contributed by atoms with Crippen molar-refractivity contribution in [3.05, 3.63) is 95.4 Å². The van der Waals surface area contributed by atoms with Crippen LogP contribution >= 0.6 is 11.6 Å². The van der Waals surface area contributed by atoms with Crippen LogP contribution in [0, 0.1) is 0 Å². The molecule has 0 saturated heterocycles. The summed E-state index contributed by atoms with van der Waals surface area (Å²) in [5.41, 5.74) is 4.12. The van der Waals surface area contributed by atoms with Gasteiger partial charge in [-0.05, 0) is 42.3 Å². The van der Waals surface area contributed by atoms with Crippen LogP contribution < -0.4 is 5.32 Å². The number of aromatic nitrogens is 5. The molecule has 1 amide bonds. The summed E-state index contributed by atoms with van der Waals surface area (Å²) in [6, 6.07) is 20.8. The Morgan fingerprint density at radius 3 is 2.69 bits per heavy atom. The predicted molar refractivity (Wildman–Crippen MR) is 124 cm³/mol. The number of rotatable bonds is 6. The molecule has 7 nitrogen and oxygen atoms in total. The maximum atomic E-state index is 13.1. The minimum atomic E-state index is -0.316. The maximum Gasteiger partial charge on any atom is 0.274 e. The third-order valence-corrected chi connectivity index (χ3v) is 5.55. The number of amides is 1. The van der Waals surface area contributed by atoms with Crippen molar-refractivity contribution in [2.75, 3.05) is 6.54 Å². The van der Waals surface area contributed by atoms with Crippen LogP contribution in [0.5, 0.6) is 0 Å². The van der Waals surface area contributed by atoms with E-state index in [-0.39, 0.29) is 11.6 Å². The molecule has 3 heterocycles. The first-order valence-corrected chi connectivity index (χ1v) is 10.6. The zero-order chi connectivity index (χ0) is 21.9. The van der Waals surface area contributed by atoms with Gasteiger partial charge >= 0.3 is 0 Å². The van der Waals surface area contributed by atoms with E-state index in [0.717, 1.165) is 16.5 Å². The van der Waals surface area contributed by atoms with Crippen LogP contribution in [0.1, 0.15) is 16.1 Å². The van der Waals surface area contributed by atoms with Gasteiger partial charge in [0.25, 0.3) is 5.91 Å². The summed E-state index contributed by atoms with van der Waals surface area (Å²) in [4.78, 5) is 20.7. The Kier molecular flexibility index (Phi) is 5.39. The highest BCUT2D eigenvalue weighted by Gasteiger charge is 2.23. The second-order valence-electron chi connectivity index (χ2n) is 7.23. The molecular weight excluding hydrogens is 424 g/mol. The normalized spacial score (nSPS) is 11.0. The molecule has 3 aromatic heterocycles. The second kappa shape index (κ2) is 8.64. The van der Waals surface area contributed by atoms with E-state index in [1.807, 2.05) is 60.8 Å². The van der Waals surface area contributed by atoms with E-state index in [4.69, 9.17) is 11.6 Å². The van der Waals surface area contributed by atoms with E-state index in [9.17, 15) is 4.79 Å². The fourth-order valence-corrected chi connectivity index (χ4v) is 3.91. The lowest BCUT2D eigenvalue weighted by Gasteiger charge is -2.09. The number of pyridine rings is 1. The molecule has 0 saturated carbocycles. The second-order valence-corrected chi connectivity index (χ2v) is 7.64. The number of H-pyrrole nitrogens is 1. The molecule has 8 heteroatoms. The quantitative estimate of drug-likeness (QED) is 0.407. The van der Waals surface area contributed by atoms with Crippen LogP contribution in [0.25, 0.3) is 28.0 Å². The molecule has 0 fully saturated rings. The van der Waals surface area contributed by atoms with Gasteiger partial charge < -0.3 is 10.3 Å². The first kappa shape index (κ1) is 20.0. The van der Waals surface area contributed by atoms with Gasteiger partial charge in [-0.3, -0.25) is 9.78 Å². The SMILES string of the molecule is O=C(NCCc1c[nH]c2ccccc12)c1nnn(-c2ccccc2Cl)c1-c1ccccn1. The van der Waals surface area contributed by atoms with E-state index in [1.54, 1.807) is 16.9 Å². The van der Waals surface area contributed by atoms with Gasteiger partial charge in [0.05, 0.1) is 16.4 Å². The van der Waals surface area contributed by atoms with Crippen molar-refractivity contribution in [1.82, 2.24) is 30.3 Å². The van der Waals surface area contributed by atoms with Gasteiger partial charge in [0.1, 0.15) is 5.69 Å². The Morgan fingerprint density at radius 1 is 1.03 bits per heavy atom. The van der Waals surface area contributed by atoms with E-state index in [2.05, 4.69) is 31.7 Å². The van der Waals surface area contributed by atoms with Crippen molar-refractivity contribution in [2.24, 2.45) is 0 Å². The van der Waals surface area contributed by atoms with Gasteiger partial charge in [0.15, 0.2) is 5.69 Å². The minimum Gasteiger partial charge on any atom is -0.361 e. The molecule has 0 aliphatic carbocycles. The number of para-hydroxylation sites is 2. The van der Waals surface area contributed by atoms with Gasteiger partial charge in [-0.2, -0.15) is 0 Å². The molecule has 0 atom stereocenters. The van der Waals surface area contributed by atoms with E-state index in [1.165, 1.54) is 0 Å². The number of carbonyl (C=O) groups is 1. The van der Waals surface area contributed by atoms with Crippen LogP contribution in [-0.2, 0) is 6.42 Å². The number of carbonyl (C=O) groups excluding carboxylic acids is 1. The zero-order valence-corrected chi connectivity index (χ0v) is 17.8. The van der Waals surface area contributed by atoms with Crippen molar-refractivity contribution in [3.8, 4) is 17.1 Å². The van der Waals surface area contributed by atoms with Gasteiger partial charge in [-0.15, -0.1) is 5.10 Å². The molecule has 0 unspecified atom stereocenters. The molecule has 0 aliphatic rings. The van der Waals surface area contributed by atoms with Gasteiger partial charge in [-0.1, -0.05) is 53.2 Å². The topological polar surface area (TPSA) is 88.5 Å². The fourth-order valence-electron chi connectivity index (χ4n) is 3.69. The van der Waals surface area contributed by atoms with Crippen molar-refractivity contribution in [1.29, 1.82) is 0 Å². The molecule has 0 spiro atoms. The predicted octanol–water partition coefficient (Wildman–Crippen LogP) is 4.44. The zero-order valence-electron chi connectivity index (χ0n) is 17.0. The summed E-state index contributed by atoms with van der Waals surface area (Å²) in [7, 11) is 0. The van der Waals surface area contributed by atoms with E-state index < -0.39 is 0 Å². The Balaban J connectivity index is 1.42. The smallest absolute Gasteiger partial charge is 0.274 e. The third-order valence-electron chi connectivity index (χ3n) is 5.23. The highest BCUT2D eigenvalue weighted by atomic mass is 35.5. The number of aromatic amines is 1. The van der Waals surface area contributed by atoms with Crippen molar-refractivity contribution in [2.45, 2.75) is 6.42 Å². The first-order chi connectivity index (χ1) is 15.7. The lowest BCUT2D eigenvalue weighted by atomic mass is 10.1. The summed E-state index contributed by atoms with van der Waals surface area (Å²) < 4.78 is 1.55. The first-order valence-electron chi connectivity index (χ1n) is 10.2. The standard InChI is InChI=1S/C24H19ClN6O/c25-18-8-2-4-11-21(18)31-23(20-10-5-6-13-26-20)22(29-30-31)24(32)27-14-12-16-15-28-19-9-3-1-7-17(16)19/h1-11,13,15,28H,12,14H2,(H,27,32). The molecule has 0 bridgehead atoms. The Morgan fingerprint density at radius 2 is 1.84 bits per heavy atom. The lowest BCUT2D eigenvalue weighted by Crippen LogP contribution is -2.26. The van der Waals surface area contributed by atoms with Crippen molar-refractivity contribution in [3.63, 3.8) is 0 Å². The molecule has 2 aromatic carbocycles. The molecule has 2 N–H and O–H groups in total. The Labute approximate surface area is 189 Å². The number of nitrogens with one attached hydrogen (secondary N) is 2. The Bertz CT molecular complexity index is 1390. The summed E-state index contributed by atoms with van der Waals surface area (Å²) in [6.07, 6.45) is 4.33. The summed E-state index contributed by atoms with van der Waals surface area (Å²) >= 11 is 6.38. The van der Waals surface area contributed by atoms with Crippen LogP contribution in [-0.4, -0.2) is 37.4 Å². The number of benzene rings is 2. The number of fused-ring (bicyclic) bond motifs is 1. The molecule has 5 aromatic rings. The largest absolute Gasteiger partial charge is 0.361 e. The Hall–Kier alpha value is -3.97. The maximum absolute atomic E-state index is 13.1. The van der Waals surface area contributed by atoms with Gasteiger partial charge in [0.2, 0.25) is 0 Å². The van der Waals surface area contributed by atoms with Crippen LogP contribution in [0.15, 0.2) is 79.1 Å². The monoisotopic (exact) mass is 442 g/mol. The van der Waals surface area contributed by atoms with Crippen molar-refractivity contribution >= 4 is 28.4 Å². The van der Waals surface area contributed by atoms with E-state index in [0.29, 0.717) is 35.1 Å². The summed E-state index contributed by atoms with van der Waals surface area (Å²) in [5, 5.41) is 13.0. The number of hydrogen-bond donors (Lipinski definition) is 2. The fraction of sp³-hybridized carbons (Fsp3) is 0.0833. The van der Waals surface area contributed by atoms with Gasteiger partial charge in [0, 0.05) is 29.8 Å². The van der Waals surface area contributed by atoms with E-state index >= 15 is 0 Å². The molecule has 0 aliphatic heterocycles. The number of hydrogen-bond acceptors (Lipinski definition) is 4. The average molecular weight is 443 g/mol. The lowest BCUT2D eigenvalue weighted by molar-refractivity contribution is 0.0949. The molecule has 5 rings (SSSR count). The summed E-state index contributed by atoms with van der Waals surface area (Å²) in [5.74, 6) is -0.316. The summed E-state index contributed by atoms with van der Waals surface area (Å²) in [6.45, 7) is 0.460. The molecular formula is C24H19ClN6O. The number of nitrogens with zero attached hydrogens (tertiary/aromatic N) is 4. The molecule has 32 heavy (non-hydrogen) atoms. The van der Waals surface area contributed by atoms with Crippen LogP contribution in [0.2, 0.25) is 5.02 Å². The highest BCUT2D eigenvalue weighted by Crippen LogP contribution is 2.27. The van der Waals surface area contributed by atoms with Gasteiger partial charge in [-0.25, -0.2) is 4.68 Å². The third kappa shape index (κ3) is 3.74. The average Bonchev–Trinajstić information content (AvgIpc) is 3.45. The van der Waals surface area contributed by atoms with Crippen molar-refractivity contribution < 1.29 is 4.79 Å². The minimum absolute atomic E-state index is 0.197. The molecule has 0 radical (unpaired) electrons. The van der Waals surface area contributed by atoms with Crippen LogP contribution in [0.4, 0.5) is 0 Å².